The number of aliphatic hydroxyl groups excluding tert-OH is 1. The van der Waals surface area contributed by atoms with E-state index in [1.54, 1.807) is 12.3 Å². The Morgan fingerprint density at radius 2 is 1.76 bits per heavy atom. The maximum atomic E-state index is 9.33. The van der Waals surface area contributed by atoms with Gasteiger partial charge in [-0.25, -0.2) is 4.98 Å². The average Bonchev–Trinajstić information content (AvgIpc) is 2.61. The number of aromatic nitrogens is 1. The Bertz CT molecular complexity index is 873. The molecule has 0 spiro atoms. The van der Waals surface area contributed by atoms with Crippen molar-refractivity contribution < 1.29 is 9.84 Å². The molecule has 2 aromatic carbocycles. The zero-order valence-corrected chi connectivity index (χ0v) is 15.9. The van der Waals surface area contributed by atoms with Crippen LogP contribution in [0.15, 0.2) is 59.2 Å². The van der Waals surface area contributed by atoms with Crippen LogP contribution in [0.25, 0.3) is 11.1 Å². The SMILES string of the molecule is Cc1cccc(C)c1-c1cccc(COc2cc(CO)c(Br)cn2)c1. The van der Waals surface area contributed by atoms with E-state index >= 15 is 0 Å². The fraction of sp³-hybridized carbons (Fsp3) is 0.190. The topological polar surface area (TPSA) is 42.4 Å². The molecule has 1 N–H and O–H groups in total. The molecule has 0 aliphatic rings. The van der Waals surface area contributed by atoms with Gasteiger partial charge in [0, 0.05) is 16.7 Å². The number of ether oxygens (including phenoxy) is 1. The van der Waals surface area contributed by atoms with Crippen molar-refractivity contribution in [3.63, 3.8) is 0 Å². The molecule has 25 heavy (non-hydrogen) atoms. The van der Waals surface area contributed by atoms with E-state index in [9.17, 15) is 5.11 Å². The van der Waals surface area contributed by atoms with Crippen LogP contribution in [0.3, 0.4) is 0 Å². The first-order chi connectivity index (χ1) is 12.1. The summed E-state index contributed by atoms with van der Waals surface area (Å²) in [4.78, 5) is 4.23. The van der Waals surface area contributed by atoms with Crippen molar-refractivity contribution in [2.75, 3.05) is 0 Å². The molecule has 0 amide bonds. The van der Waals surface area contributed by atoms with Crippen molar-refractivity contribution in [2.24, 2.45) is 0 Å². The highest BCUT2D eigenvalue weighted by Gasteiger charge is 2.07. The van der Waals surface area contributed by atoms with Gasteiger partial charge in [-0.15, -0.1) is 0 Å². The van der Waals surface area contributed by atoms with Crippen LogP contribution >= 0.6 is 15.9 Å². The molecule has 3 rings (SSSR count). The second-order valence-electron chi connectivity index (χ2n) is 6.03. The minimum absolute atomic E-state index is 0.0541. The van der Waals surface area contributed by atoms with Crippen LogP contribution in [0.2, 0.25) is 0 Å². The van der Waals surface area contributed by atoms with E-state index in [1.165, 1.54) is 22.3 Å². The van der Waals surface area contributed by atoms with E-state index < -0.39 is 0 Å². The van der Waals surface area contributed by atoms with E-state index in [-0.39, 0.29) is 6.61 Å². The van der Waals surface area contributed by atoms with Crippen molar-refractivity contribution >= 4 is 15.9 Å². The van der Waals surface area contributed by atoms with Crippen molar-refractivity contribution in [1.82, 2.24) is 4.98 Å². The third kappa shape index (κ3) is 4.09. The fourth-order valence-corrected chi connectivity index (χ4v) is 3.24. The number of aliphatic hydroxyl groups is 1. The predicted molar refractivity (Wildman–Crippen MR) is 104 cm³/mol. The molecule has 0 bridgehead atoms. The van der Waals surface area contributed by atoms with E-state index in [0.717, 1.165) is 15.6 Å². The summed E-state index contributed by atoms with van der Waals surface area (Å²) in [6, 6.07) is 16.5. The lowest BCUT2D eigenvalue weighted by Gasteiger charge is -2.12. The van der Waals surface area contributed by atoms with Gasteiger partial charge in [0.25, 0.3) is 0 Å². The molecule has 0 radical (unpaired) electrons. The molecule has 128 valence electrons. The number of aryl methyl sites for hydroxylation is 2. The average molecular weight is 398 g/mol. The van der Waals surface area contributed by atoms with E-state index in [1.807, 2.05) is 12.1 Å². The number of pyridine rings is 1. The first-order valence-electron chi connectivity index (χ1n) is 8.12. The number of nitrogens with zero attached hydrogens (tertiary/aromatic N) is 1. The zero-order valence-electron chi connectivity index (χ0n) is 14.3. The lowest BCUT2D eigenvalue weighted by molar-refractivity contribution is 0.274. The summed E-state index contributed by atoms with van der Waals surface area (Å²) in [5.74, 6) is 0.504. The summed E-state index contributed by atoms with van der Waals surface area (Å²) in [5.41, 5.74) is 6.83. The van der Waals surface area contributed by atoms with Gasteiger partial charge in [-0.05, 0) is 69.2 Å². The summed E-state index contributed by atoms with van der Waals surface area (Å²) in [6.45, 7) is 4.64. The first kappa shape index (κ1) is 17.6. The Morgan fingerprint density at radius 1 is 1.04 bits per heavy atom. The molecule has 0 aliphatic heterocycles. The molecule has 0 aliphatic carbocycles. The molecule has 0 saturated heterocycles. The van der Waals surface area contributed by atoms with Crippen LogP contribution in [0.4, 0.5) is 0 Å². The monoisotopic (exact) mass is 397 g/mol. The van der Waals surface area contributed by atoms with Gasteiger partial charge in [0.15, 0.2) is 0 Å². The zero-order chi connectivity index (χ0) is 17.8. The summed E-state index contributed by atoms with van der Waals surface area (Å²) < 4.78 is 6.58. The molecule has 3 nitrogen and oxygen atoms in total. The Balaban J connectivity index is 1.81. The van der Waals surface area contributed by atoms with E-state index in [2.05, 4.69) is 65.1 Å². The van der Waals surface area contributed by atoms with Gasteiger partial charge in [-0.3, -0.25) is 0 Å². The highest BCUT2D eigenvalue weighted by Crippen LogP contribution is 2.28. The van der Waals surface area contributed by atoms with Crippen molar-refractivity contribution in [3.05, 3.63) is 81.5 Å². The van der Waals surface area contributed by atoms with Crippen molar-refractivity contribution in [3.8, 4) is 17.0 Å². The Kier molecular flexibility index (Phi) is 5.51. The van der Waals surface area contributed by atoms with Gasteiger partial charge in [0.2, 0.25) is 5.88 Å². The number of halogens is 1. The van der Waals surface area contributed by atoms with E-state index in [0.29, 0.717) is 12.5 Å². The standard InChI is InChI=1S/C21H20BrNO2/c1-14-5-3-6-15(2)21(14)17-8-4-7-16(9-17)13-25-20-10-18(12-24)19(22)11-23-20/h3-11,24H,12-13H2,1-2H3. The molecule has 1 aromatic heterocycles. The summed E-state index contributed by atoms with van der Waals surface area (Å²) in [7, 11) is 0. The normalized spacial score (nSPS) is 10.7. The molecular formula is C21H20BrNO2. The Morgan fingerprint density at radius 3 is 2.48 bits per heavy atom. The molecular weight excluding hydrogens is 378 g/mol. The number of hydrogen-bond donors (Lipinski definition) is 1. The molecule has 0 fully saturated rings. The van der Waals surface area contributed by atoms with Crippen LogP contribution in [-0.4, -0.2) is 10.1 Å². The summed E-state index contributed by atoms with van der Waals surface area (Å²) in [6.07, 6.45) is 1.65. The summed E-state index contributed by atoms with van der Waals surface area (Å²) in [5, 5.41) is 9.33. The Hall–Kier alpha value is -2.17. The van der Waals surface area contributed by atoms with Crippen LogP contribution < -0.4 is 4.74 Å². The maximum Gasteiger partial charge on any atom is 0.213 e. The fourth-order valence-electron chi connectivity index (χ4n) is 2.90. The quantitative estimate of drug-likeness (QED) is 0.643. The van der Waals surface area contributed by atoms with Gasteiger partial charge >= 0.3 is 0 Å². The van der Waals surface area contributed by atoms with Gasteiger partial charge in [0.05, 0.1) is 6.61 Å². The van der Waals surface area contributed by atoms with Crippen LogP contribution in [0.1, 0.15) is 22.3 Å². The lowest BCUT2D eigenvalue weighted by Crippen LogP contribution is -1.99. The van der Waals surface area contributed by atoms with Gasteiger partial charge < -0.3 is 9.84 Å². The molecule has 1 heterocycles. The molecule has 0 atom stereocenters. The highest BCUT2D eigenvalue weighted by molar-refractivity contribution is 9.10. The summed E-state index contributed by atoms with van der Waals surface area (Å²) >= 11 is 3.36. The maximum absolute atomic E-state index is 9.33. The second kappa shape index (κ2) is 7.81. The van der Waals surface area contributed by atoms with Crippen molar-refractivity contribution in [1.29, 1.82) is 0 Å². The van der Waals surface area contributed by atoms with Gasteiger partial charge in [-0.1, -0.05) is 36.4 Å². The first-order valence-corrected chi connectivity index (χ1v) is 8.91. The third-order valence-electron chi connectivity index (χ3n) is 4.16. The lowest BCUT2D eigenvalue weighted by atomic mass is 9.95. The van der Waals surface area contributed by atoms with E-state index in [4.69, 9.17) is 4.74 Å². The molecule has 0 unspecified atom stereocenters. The van der Waals surface area contributed by atoms with Crippen molar-refractivity contribution in [2.45, 2.75) is 27.1 Å². The minimum atomic E-state index is -0.0541. The largest absolute Gasteiger partial charge is 0.473 e. The predicted octanol–water partition coefficient (Wildman–Crippen LogP) is 5.20. The van der Waals surface area contributed by atoms with Crippen LogP contribution in [0, 0.1) is 13.8 Å². The van der Waals surface area contributed by atoms with Crippen LogP contribution in [-0.2, 0) is 13.2 Å². The number of hydrogen-bond acceptors (Lipinski definition) is 3. The van der Waals surface area contributed by atoms with Gasteiger partial charge in [0.1, 0.15) is 6.61 Å². The molecule has 4 heteroatoms. The van der Waals surface area contributed by atoms with Gasteiger partial charge in [-0.2, -0.15) is 0 Å². The molecule has 3 aromatic rings. The number of rotatable bonds is 5. The number of benzene rings is 2. The highest BCUT2D eigenvalue weighted by atomic mass is 79.9. The van der Waals surface area contributed by atoms with Crippen LogP contribution in [0.5, 0.6) is 5.88 Å². The smallest absolute Gasteiger partial charge is 0.213 e. The second-order valence-corrected chi connectivity index (χ2v) is 6.88. The minimum Gasteiger partial charge on any atom is -0.473 e. The Labute approximate surface area is 156 Å². The molecule has 0 saturated carbocycles. The third-order valence-corrected chi connectivity index (χ3v) is 4.88.